The lowest BCUT2D eigenvalue weighted by Gasteiger charge is -2.34. The van der Waals surface area contributed by atoms with Gasteiger partial charge in [-0.1, -0.05) is 12.1 Å². The summed E-state index contributed by atoms with van der Waals surface area (Å²) in [5.74, 6) is 1.35. The van der Waals surface area contributed by atoms with Crippen molar-refractivity contribution in [3.8, 4) is 6.07 Å². The Kier molecular flexibility index (Phi) is 4.47. The number of piperazine rings is 1. The minimum atomic E-state index is -0.222. The molecule has 0 atom stereocenters. The van der Waals surface area contributed by atoms with E-state index in [-0.39, 0.29) is 18.0 Å². The van der Waals surface area contributed by atoms with E-state index in [0.717, 1.165) is 12.8 Å². The predicted molar refractivity (Wildman–Crippen MR) is 108 cm³/mol. The quantitative estimate of drug-likeness (QED) is 0.648. The Balaban J connectivity index is 1.26. The Morgan fingerprint density at radius 1 is 1.20 bits per heavy atom. The van der Waals surface area contributed by atoms with Crippen LogP contribution in [-0.2, 0) is 11.3 Å². The number of hydrogen-bond donors (Lipinski definition) is 0. The van der Waals surface area contributed by atoms with Crippen molar-refractivity contribution in [1.82, 2.24) is 19.4 Å². The molecule has 3 aromatic rings. The molecule has 0 unspecified atom stereocenters. The topological polar surface area (TPSA) is 108 Å². The van der Waals surface area contributed by atoms with E-state index in [9.17, 15) is 14.9 Å². The third-order valence-corrected chi connectivity index (χ3v) is 5.62. The van der Waals surface area contributed by atoms with Gasteiger partial charge in [-0.2, -0.15) is 5.26 Å². The summed E-state index contributed by atoms with van der Waals surface area (Å²) < 4.78 is 7.20. The zero-order valence-electron chi connectivity index (χ0n) is 16.3. The summed E-state index contributed by atoms with van der Waals surface area (Å²) in [7, 11) is 0. The zero-order valence-corrected chi connectivity index (χ0v) is 16.3. The molecule has 3 heterocycles. The molecule has 1 aromatic carbocycles. The molecule has 0 spiro atoms. The summed E-state index contributed by atoms with van der Waals surface area (Å²) in [5.41, 5.74) is 0.705. The lowest BCUT2D eigenvalue weighted by atomic mass is 10.2. The molecule has 1 amide bonds. The van der Waals surface area contributed by atoms with E-state index >= 15 is 0 Å². The number of carbonyl (C=O) groups excluding carboxylic acids is 1. The van der Waals surface area contributed by atoms with E-state index in [1.807, 2.05) is 11.0 Å². The molecule has 5 rings (SSSR count). The van der Waals surface area contributed by atoms with Crippen molar-refractivity contribution >= 4 is 22.7 Å². The van der Waals surface area contributed by atoms with Crippen LogP contribution in [0.25, 0.3) is 10.9 Å². The number of hydrogen-bond acceptors (Lipinski definition) is 7. The molecular formula is C21H20N6O3. The van der Waals surface area contributed by atoms with Crippen molar-refractivity contribution in [1.29, 1.82) is 5.26 Å². The van der Waals surface area contributed by atoms with Crippen LogP contribution in [0.4, 0.5) is 5.88 Å². The Bertz CT molecular complexity index is 1210. The number of rotatable bonds is 4. The van der Waals surface area contributed by atoms with Gasteiger partial charge < -0.3 is 14.2 Å². The summed E-state index contributed by atoms with van der Waals surface area (Å²) in [5, 5.41) is 9.87. The molecule has 0 N–H and O–H groups in total. The second-order valence-electron chi connectivity index (χ2n) is 7.65. The van der Waals surface area contributed by atoms with E-state index < -0.39 is 0 Å². The molecule has 0 bridgehead atoms. The number of para-hydroxylation sites is 1. The fourth-order valence-electron chi connectivity index (χ4n) is 3.74. The molecule has 0 radical (unpaired) electrons. The van der Waals surface area contributed by atoms with Gasteiger partial charge in [-0.25, -0.2) is 9.97 Å². The number of carbonyl (C=O) groups is 1. The predicted octanol–water partition coefficient (Wildman–Crippen LogP) is 1.48. The molecule has 1 saturated heterocycles. The van der Waals surface area contributed by atoms with Gasteiger partial charge in [0.15, 0.2) is 0 Å². The number of anilines is 1. The van der Waals surface area contributed by atoms with Crippen LogP contribution in [-0.4, -0.2) is 51.5 Å². The average Bonchev–Trinajstić information content (AvgIpc) is 3.54. The standard InChI is InChI=1S/C21H20N6O3/c22-11-17-21(30-19(24-17)14-5-6-14)26-9-7-25(8-10-26)18(28)12-27-13-23-16-4-2-1-3-15(16)20(27)29/h1-4,13-14H,5-10,12H2. The van der Waals surface area contributed by atoms with Gasteiger partial charge >= 0.3 is 0 Å². The van der Waals surface area contributed by atoms with Crippen LogP contribution in [0.15, 0.2) is 39.8 Å². The molecule has 2 fully saturated rings. The van der Waals surface area contributed by atoms with Crippen LogP contribution in [0.1, 0.15) is 30.3 Å². The van der Waals surface area contributed by atoms with Gasteiger partial charge in [-0.05, 0) is 25.0 Å². The van der Waals surface area contributed by atoms with Gasteiger partial charge in [-0.3, -0.25) is 14.2 Å². The zero-order chi connectivity index (χ0) is 20.7. The number of amides is 1. The Labute approximate surface area is 172 Å². The van der Waals surface area contributed by atoms with Gasteiger partial charge in [0.1, 0.15) is 12.6 Å². The minimum absolute atomic E-state index is 0.0474. The molecule has 30 heavy (non-hydrogen) atoms. The molecule has 1 aliphatic heterocycles. The average molecular weight is 404 g/mol. The first-order chi connectivity index (χ1) is 14.6. The van der Waals surface area contributed by atoms with Crippen molar-refractivity contribution < 1.29 is 9.21 Å². The molecule has 2 aliphatic rings. The van der Waals surface area contributed by atoms with E-state index in [1.165, 1.54) is 10.9 Å². The highest BCUT2D eigenvalue weighted by molar-refractivity contribution is 5.79. The molecular weight excluding hydrogens is 384 g/mol. The summed E-state index contributed by atoms with van der Waals surface area (Å²) in [4.78, 5) is 37.6. The summed E-state index contributed by atoms with van der Waals surface area (Å²) in [6.07, 6.45) is 3.53. The third kappa shape index (κ3) is 3.30. The first-order valence-corrected chi connectivity index (χ1v) is 10.0. The van der Waals surface area contributed by atoms with Crippen molar-refractivity contribution in [2.45, 2.75) is 25.3 Å². The normalized spacial score (nSPS) is 16.6. The first-order valence-electron chi connectivity index (χ1n) is 10.0. The Morgan fingerprint density at radius 3 is 2.70 bits per heavy atom. The van der Waals surface area contributed by atoms with Crippen molar-refractivity contribution in [3.63, 3.8) is 0 Å². The third-order valence-electron chi connectivity index (χ3n) is 5.62. The molecule has 1 aliphatic carbocycles. The Hall–Kier alpha value is -3.67. The second kappa shape index (κ2) is 7.30. The first kappa shape index (κ1) is 18.4. The van der Waals surface area contributed by atoms with E-state index in [0.29, 0.717) is 60.5 Å². The maximum absolute atomic E-state index is 12.8. The molecule has 1 saturated carbocycles. The lowest BCUT2D eigenvalue weighted by Crippen LogP contribution is -2.50. The number of nitrogens with zero attached hydrogens (tertiary/aromatic N) is 6. The SMILES string of the molecule is N#Cc1nc(C2CC2)oc1N1CCN(C(=O)Cn2cnc3ccccc3c2=O)CC1. The molecule has 9 nitrogen and oxygen atoms in total. The van der Waals surface area contributed by atoms with Gasteiger partial charge in [-0.15, -0.1) is 0 Å². The highest BCUT2D eigenvalue weighted by atomic mass is 16.4. The van der Waals surface area contributed by atoms with Crippen LogP contribution in [0.2, 0.25) is 0 Å². The van der Waals surface area contributed by atoms with Crippen LogP contribution in [0, 0.1) is 11.3 Å². The maximum Gasteiger partial charge on any atom is 0.261 e. The number of aromatic nitrogens is 3. The van der Waals surface area contributed by atoms with E-state index in [1.54, 1.807) is 23.1 Å². The van der Waals surface area contributed by atoms with Crippen LogP contribution in [0.5, 0.6) is 0 Å². The van der Waals surface area contributed by atoms with Crippen LogP contribution < -0.4 is 10.5 Å². The van der Waals surface area contributed by atoms with Gasteiger partial charge in [0.25, 0.3) is 5.56 Å². The van der Waals surface area contributed by atoms with E-state index in [4.69, 9.17) is 4.42 Å². The molecule has 9 heteroatoms. The second-order valence-corrected chi connectivity index (χ2v) is 7.65. The van der Waals surface area contributed by atoms with Crippen LogP contribution in [0.3, 0.4) is 0 Å². The highest BCUT2D eigenvalue weighted by Gasteiger charge is 2.32. The summed E-state index contributed by atoms with van der Waals surface area (Å²) >= 11 is 0. The lowest BCUT2D eigenvalue weighted by molar-refractivity contribution is -0.132. The fourth-order valence-corrected chi connectivity index (χ4v) is 3.74. The minimum Gasteiger partial charge on any atom is -0.423 e. The van der Waals surface area contributed by atoms with Crippen molar-refractivity contribution in [3.05, 3.63) is 52.5 Å². The largest absolute Gasteiger partial charge is 0.423 e. The highest BCUT2D eigenvalue weighted by Crippen LogP contribution is 2.41. The maximum atomic E-state index is 12.8. The summed E-state index contributed by atoms with van der Waals surface area (Å²) in [6.45, 7) is 2.02. The number of benzene rings is 1. The van der Waals surface area contributed by atoms with Gasteiger partial charge in [0.2, 0.25) is 23.4 Å². The van der Waals surface area contributed by atoms with E-state index in [2.05, 4.69) is 16.0 Å². The van der Waals surface area contributed by atoms with Gasteiger partial charge in [0.05, 0.1) is 17.2 Å². The number of oxazole rings is 1. The monoisotopic (exact) mass is 404 g/mol. The fraction of sp³-hybridized carbons (Fsp3) is 0.381. The van der Waals surface area contributed by atoms with Crippen LogP contribution >= 0.6 is 0 Å². The van der Waals surface area contributed by atoms with Crippen molar-refractivity contribution in [2.24, 2.45) is 0 Å². The molecule has 2 aromatic heterocycles. The smallest absolute Gasteiger partial charge is 0.261 e. The number of nitriles is 1. The Morgan fingerprint density at radius 2 is 1.97 bits per heavy atom. The van der Waals surface area contributed by atoms with Gasteiger partial charge in [0, 0.05) is 32.1 Å². The van der Waals surface area contributed by atoms with Crippen molar-refractivity contribution in [2.75, 3.05) is 31.1 Å². The molecule has 152 valence electrons. The summed E-state index contributed by atoms with van der Waals surface area (Å²) in [6, 6.07) is 9.20. The number of fused-ring (bicyclic) bond motifs is 1.